The second-order valence-electron chi connectivity index (χ2n) is 7.71. The van der Waals surface area contributed by atoms with E-state index in [1.165, 1.54) is 18.2 Å². The minimum Gasteiger partial charge on any atom is -0.444 e. The maximum Gasteiger partial charge on any atom is 0.410 e. The van der Waals surface area contributed by atoms with Gasteiger partial charge in [0.25, 0.3) is 0 Å². The van der Waals surface area contributed by atoms with Crippen molar-refractivity contribution in [3.63, 3.8) is 0 Å². The molecule has 2 rings (SSSR count). The van der Waals surface area contributed by atoms with Gasteiger partial charge in [0.2, 0.25) is 0 Å². The van der Waals surface area contributed by atoms with Gasteiger partial charge in [0, 0.05) is 30.7 Å². The summed E-state index contributed by atoms with van der Waals surface area (Å²) in [4.78, 5) is 13.8. The van der Waals surface area contributed by atoms with E-state index in [0.29, 0.717) is 19.5 Å². The lowest BCUT2D eigenvalue weighted by Crippen LogP contribution is -2.48. The van der Waals surface area contributed by atoms with Gasteiger partial charge >= 0.3 is 6.09 Å². The molecule has 1 heterocycles. The fourth-order valence-electron chi connectivity index (χ4n) is 3.05. The van der Waals surface area contributed by atoms with Crippen LogP contribution in [0.4, 0.5) is 13.6 Å². The van der Waals surface area contributed by atoms with Crippen molar-refractivity contribution >= 4 is 6.09 Å². The molecule has 0 spiro atoms. The van der Waals surface area contributed by atoms with E-state index in [1.54, 1.807) is 4.90 Å². The molecule has 1 aromatic rings. The first-order valence-corrected chi connectivity index (χ1v) is 8.82. The Morgan fingerprint density at radius 2 is 1.84 bits per heavy atom. The molecule has 140 valence electrons. The molecule has 0 bridgehead atoms. The highest BCUT2D eigenvalue weighted by molar-refractivity contribution is 5.68. The van der Waals surface area contributed by atoms with Gasteiger partial charge in [-0.05, 0) is 59.1 Å². The van der Waals surface area contributed by atoms with Crippen LogP contribution in [0.15, 0.2) is 18.2 Å². The summed E-state index contributed by atoms with van der Waals surface area (Å²) >= 11 is 0. The number of hydrogen-bond acceptors (Lipinski definition) is 3. The average Bonchev–Trinajstić information content (AvgIpc) is 2.50. The van der Waals surface area contributed by atoms with Crippen LogP contribution >= 0.6 is 0 Å². The monoisotopic (exact) mass is 354 g/mol. The molecule has 1 aliphatic rings. The highest BCUT2D eigenvalue weighted by atomic mass is 19.1. The topological polar surface area (TPSA) is 41.6 Å². The Bertz CT molecular complexity index is 573. The Morgan fingerprint density at radius 1 is 1.28 bits per heavy atom. The van der Waals surface area contributed by atoms with Gasteiger partial charge in [-0.15, -0.1) is 0 Å². The molecule has 6 heteroatoms. The second kappa shape index (κ2) is 8.13. The van der Waals surface area contributed by atoms with Gasteiger partial charge in [-0.25, -0.2) is 13.6 Å². The summed E-state index contributed by atoms with van der Waals surface area (Å²) in [6, 6.07) is 4.11. The van der Waals surface area contributed by atoms with Gasteiger partial charge in [0.1, 0.15) is 17.2 Å². The van der Waals surface area contributed by atoms with E-state index in [9.17, 15) is 13.6 Å². The first-order chi connectivity index (χ1) is 11.7. The number of carbonyl (C=O) groups is 1. The van der Waals surface area contributed by atoms with Gasteiger partial charge in [-0.2, -0.15) is 0 Å². The summed E-state index contributed by atoms with van der Waals surface area (Å²) in [5.74, 6) is -1.01. The smallest absolute Gasteiger partial charge is 0.410 e. The summed E-state index contributed by atoms with van der Waals surface area (Å²) in [5.41, 5.74) is -0.376. The summed E-state index contributed by atoms with van der Waals surface area (Å²) in [5, 5.41) is 3.42. The van der Waals surface area contributed by atoms with E-state index in [2.05, 4.69) is 5.32 Å². The number of benzene rings is 1. The molecular weight excluding hydrogens is 326 g/mol. The van der Waals surface area contributed by atoms with Crippen LogP contribution in [0.5, 0.6) is 0 Å². The highest BCUT2D eigenvalue weighted by Crippen LogP contribution is 2.18. The quantitative estimate of drug-likeness (QED) is 0.892. The number of likely N-dealkylation sites (tertiary alicyclic amines) is 1. The number of halogens is 2. The van der Waals surface area contributed by atoms with Crippen LogP contribution in [-0.2, 0) is 11.2 Å². The van der Waals surface area contributed by atoms with E-state index >= 15 is 0 Å². The maximum absolute atomic E-state index is 13.7. The van der Waals surface area contributed by atoms with Crippen LogP contribution in [0, 0.1) is 11.6 Å². The fraction of sp³-hybridized carbons (Fsp3) is 0.632. The molecular formula is C19H28F2N2O2. The third kappa shape index (κ3) is 5.96. The Morgan fingerprint density at radius 3 is 2.36 bits per heavy atom. The summed E-state index contributed by atoms with van der Waals surface area (Å²) < 4.78 is 32.9. The number of piperidine rings is 1. The molecule has 1 amide bonds. The molecule has 1 saturated heterocycles. The molecule has 25 heavy (non-hydrogen) atoms. The van der Waals surface area contributed by atoms with Gasteiger partial charge in [0.15, 0.2) is 0 Å². The molecule has 1 unspecified atom stereocenters. The predicted octanol–water partition coefficient (Wildman–Crippen LogP) is 3.88. The molecule has 1 aromatic carbocycles. The van der Waals surface area contributed by atoms with Gasteiger partial charge in [0.05, 0.1) is 0 Å². The third-order valence-electron chi connectivity index (χ3n) is 4.24. The normalized spacial score (nSPS) is 17.4. The zero-order valence-electron chi connectivity index (χ0n) is 15.4. The number of ether oxygens (including phenoxy) is 1. The lowest BCUT2D eigenvalue weighted by atomic mass is 10.0. The van der Waals surface area contributed by atoms with Crippen molar-refractivity contribution in [3.05, 3.63) is 35.4 Å². The highest BCUT2D eigenvalue weighted by Gasteiger charge is 2.27. The average molecular weight is 354 g/mol. The zero-order chi connectivity index (χ0) is 18.6. The van der Waals surface area contributed by atoms with Crippen LogP contribution in [0.1, 0.15) is 46.1 Å². The van der Waals surface area contributed by atoms with Crippen molar-refractivity contribution in [3.8, 4) is 0 Å². The Kier molecular flexibility index (Phi) is 6.38. The Labute approximate surface area is 148 Å². The lowest BCUT2D eigenvalue weighted by molar-refractivity contribution is 0.0196. The summed E-state index contributed by atoms with van der Waals surface area (Å²) in [6.07, 6.45) is 1.60. The van der Waals surface area contributed by atoms with Crippen molar-refractivity contribution in [1.29, 1.82) is 0 Å². The Hall–Kier alpha value is -1.69. The van der Waals surface area contributed by atoms with Crippen molar-refractivity contribution in [1.82, 2.24) is 10.2 Å². The zero-order valence-corrected chi connectivity index (χ0v) is 15.4. The summed E-state index contributed by atoms with van der Waals surface area (Å²) in [7, 11) is 0. The van der Waals surface area contributed by atoms with Crippen molar-refractivity contribution in [2.45, 2.75) is 64.6 Å². The summed E-state index contributed by atoms with van der Waals surface area (Å²) in [6.45, 7) is 8.71. The molecule has 0 saturated carbocycles. The first-order valence-electron chi connectivity index (χ1n) is 8.82. The van der Waals surface area contributed by atoms with Gasteiger partial charge in [-0.3, -0.25) is 0 Å². The van der Waals surface area contributed by atoms with Gasteiger partial charge < -0.3 is 15.0 Å². The molecule has 1 N–H and O–H groups in total. The first kappa shape index (κ1) is 19.6. The van der Waals surface area contributed by atoms with Gasteiger partial charge in [-0.1, -0.05) is 6.07 Å². The molecule has 1 atom stereocenters. The van der Waals surface area contributed by atoms with Crippen molar-refractivity contribution in [2.75, 3.05) is 13.1 Å². The van der Waals surface area contributed by atoms with Crippen LogP contribution in [0.25, 0.3) is 0 Å². The van der Waals surface area contributed by atoms with E-state index in [4.69, 9.17) is 4.74 Å². The minimum absolute atomic E-state index is 0.0514. The van der Waals surface area contributed by atoms with E-state index < -0.39 is 17.2 Å². The number of rotatable bonds is 4. The van der Waals surface area contributed by atoms with Crippen molar-refractivity contribution < 1.29 is 18.3 Å². The fourth-order valence-corrected chi connectivity index (χ4v) is 3.05. The third-order valence-corrected chi connectivity index (χ3v) is 4.24. The predicted molar refractivity (Wildman–Crippen MR) is 93.5 cm³/mol. The molecule has 4 nitrogen and oxygen atoms in total. The van der Waals surface area contributed by atoms with E-state index in [1.807, 2.05) is 27.7 Å². The largest absolute Gasteiger partial charge is 0.444 e. The molecule has 0 aromatic heterocycles. The minimum atomic E-state index is -0.506. The molecule has 1 fully saturated rings. The lowest BCUT2D eigenvalue weighted by Gasteiger charge is -2.35. The van der Waals surface area contributed by atoms with Crippen molar-refractivity contribution in [2.24, 2.45) is 0 Å². The number of nitrogens with one attached hydrogen (secondary N) is 1. The number of carbonyl (C=O) groups excluding carboxylic acids is 1. The molecule has 1 aliphatic heterocycles. The number of hydrogen-bond donors (Lipinski definition) is 1. The number of nitrogens with zero attached hydrogens (tertiary/aromatic N) is 1. The van der Waals surface area contributed by atoms with Crippen LogP contribution in [0.2, 0.25) is 0 Å². The van der Waals surface area contributed by atoms with Crippen LogP contribution in [0.3, 0.4) is 0 Å². The van der Waals surface area contributed by atoms with E-state index in [0.717, 1.165) is 12.8 Å². The van der Waals surface area contributed by atoms with Crippen LogP contribution < -0.4 is 5.32 Å². The van der Waals surface area contributed by atoms with E-state index in [-0.39, 0.29) is 23.7 Å². The second-order valence-corrected chi connectivity index (χ2v) is 7.71. The Balaban J connectivity index is 1.81. The van der Waals surface area contributed by atoms with Crippen LogP contribution in [-0.4, -0.2) is 41.8 Å². The maximum atomic E-state index is 13.7. The molecule has 0 radical (unpaired) electrons. The molecule has 0 aliphatic carbocycles. The standard InChI is InChI=1S/C19H28F2N2O2/c1-13(12-15-16(20)6-5-7-17(15)21)22-14-8-10-23(11-9-14)18(24)25-19(2,3)4/h5-7,13-14,22H,8-12H2,1-4H3. The SMILES string of the molecule is CC(Cc1c(F)cccc1F)NC1CCN(C(=O)OC(C)(C)C)CC1. The number of amides is 1.